The van der Waals surface area contributed by atoms with Gasteiger partial charge in [0.05, 0.1) is 19.1 Å². The smallest absolute Gasteiger partial charge is 0.309 e. The number of halogens is 1. The van der Waals surface area contributed by atoms with E-state index in [1.807, 2.05) is 18.7 Å². The molecule has 0 aromatic carbocycles. The van der Waals surface area contributed by atoms with Crippen LogP contribution < -0.4 is 5.32 Å². The Hall–Kier alpha value is -1.06. The number of aliphatic imine (C=N–C) groups is 1. The molecule has 2 saturated heterocycles. The van der Waals surface area contributed by atoms with Crippen LogP contribution in [0.25, 0.3) is 0 Å². The monoisotopic (exact) mass is 508 g/mol. The van der Waals surface area contributed by atoms with Gasteiger partial charge in [-0.15, -0.1) is 24.0 Å². The van der Waals surface area contributed by atoms with Crippen LogP contribution in [0.2, 0.25) is 0 Å². The molecule has 1 amide bonds. The van der Waals surface area contributed by atoms with Crippen molar-refractivity contribution in [3.8, 4) is 0 Å². The number of esters is 1. The number of rotatable bonds is 6. The minimum absolute atomic E-state index is 0. The molecular formula is C20H37IN4O3. The van der Waals surface area contributed by atoms with Crippen LogP contribution in [0.15, 0.2) is 4.99 Å². The van der Waals surface area contributed by atoms with Crippen molar-refractivity contribution in [2.75, 3.05) is 45.9 Å². The van der Waals surface area contributed by atoms with Crippen molar-refractivity contribution in [3.05, 3.63) is 0 Å². The molecule has 2 aliphatic rings. The Morgan fingerprint density at radius 2 is 1.82 bits per heavy atom. The van der Waals surface area contributed by atoms with E-state index < -0.39 is 0 Å². The lowest BCUT2D eigenvalue weighted by Gasteiger charge is -2.33. The van der Waals surface area contributed by atoms with Crippen LogP contribution in [0.4, 0.5) is 0 Å². The zero-order chi connectivity index (χ0) is 19.6. The van der Waals surface area contributed by atoms with E-state index in [2.05, 4.69) is 22.1 Å². The third kappa shape index (κ3) is 7.75. The summed E-state index contributed by atoms with van der Waals surface area (Å²) in [6, 6.07) is 0. The van der Waals surface area contributed by atoms with Gasteiger partial charge in [-0.05, 0) is 45.4 Å². The standard InChI is InChI=1S/C20H36N4O3.HI/c1-4-21-20(23-13-9-17(10-14-23)19(26)27-5-2)22-11-8-18(25)24-12-6-7-16(3)15-24;/h16-17H,4-15H2,1-3H3,(H,21,22);1H. The fourth-order valence-corrected chi connectivity index (χ4v) is 3.84. The number of nitrogens with one attached hydrogen (secondary N) is 1. The Bertz CT molecular complexity index is 522. The summed E-state index contributed by atoms with van der Waals surface area (Å²) in [4.78, 5) is 33.1. The van der Waals surface area contributed by atoms with Crippen LogP contribution >= 0.6 is 24.0 Å². The van der Waals surface area contributed by atoms with Gasteiger partial charge in [0, 0.05) is 39.1 Å². The van der Waals surface area contributed by atoms with E-state index in [-0.39, 0.29) is 41.8 Å². The first-order valence-electron chi connectivity index (χ1n) is 10.5. The second-order valence-electron chi connectivity index (χ2n) is 7.59. The maximum atomic E-state index is 12.4. The van der Waals surface area contributed by atoms with Crippen molar-refractivity contribution in [1.29, 1.82) is 0 Å². The number of guanidine groups is 1. The summed E-state index contributed by atoms with van der Waals surface area (Å²) in [5.74, 6) is 1.57. The number of hydrogen-bond acceptors (Lipinski definition) is 4. The molecule has 0 radical (unpaired) electrons. The Kier molecular flexibility index (Phi) is 11.8. The topological polar surface area (TPSA) is 74.2 Å². The molecule has 2 fully saturated rings. The first kappa shape index (κ1) is 25.0. The van der Waals surface area contributed by atoms with Gasteiger partial charge in [0.25, 0.3) is 0 Å². The largest absolute Gasteiger partial charge is 0.466 e. The van der Waals surface area contributed by atoms with Gasteiger partial charge in [0.1, 0.15) is 0 Å². The molecule has 1 N–H and O–H groups in total. The lowest BCUT2D eigenvalue weighted by Crippen LogP contribution is -2.47. The third-order valence-corrected chi connectivity index (χ3v) is 5.35. The van der Waals surface area contributed by atoms with E-state index in [1.54, 1.807) is 0 Å². The highest BCUT2D eigenvalue weighted by atomic mass is 127. The molecule has 0 saturated carbocycles. The minimum atomic E-state index is -0.0829. The van der Waals surface area contributed by atoms with Crippen LogP contribution in [-0.4, -0.2) is 73.5 Å². The molecule has 0 aliphatic carbocycles. The number of amides is 1. The summed E-state index contributed by atoms with van der Waals surface area (Å²) in [5.41, 5.74) is 0. The molecule has 162 valence electrons. The van der Waals surface area contributed by atoms with Crippen LogP contribution in [0.3, 0.4) is 0 Å². The quantitative estimate of drug-likeness (QED) is 0.258. The molecule has 1 atom stereocenters. The van der Waals surface area contributed by atoms with E-state index in [0.717, 1.165) is 57.9 Å². The van der Waals surface area contributed by atoms with E-state index in [4.69, 9.17) is 4.74 Å². The molecule has 0 spiro atoms. The second kappa shape index (κ2) is 13.2. The molecule has 0 aromatic heterocycles. The molecule has 28 heavy (non-hydrogen) atoms. The predicted molar refractivity (Wildman–Crippen MR) is 122 cm³/mol. The highest BCUT2D eigenvalue weighted by Crippen LogP contribution is 2.19. The molecule has 1 unspecified atom stereocenters. The average molecular weight is 508 g/mol. The number of nitrogens with zero attached hydrogens (tertiary/aromatic N) is 3. The summed E-state index contributed by atoms with van der Waals surface area (Å²) in [6.45, 7) is 11.2. The van der Waals surface area contributed by atoms with Gasteiger partial charge in [-0.1, -0.05) is 6.92 Å². The number of carbonyl (C=O) groups is 2. The summed E-state index contributed by atoms with van der Waals surface area (Å²) in [5, 5.41) is 3.32. The second-order valence-corrected chi connectivity index (χ2v) is 7.59. The first-order chi connectivity index (χ1) is 13.0. The highest BCUT2D eigenvalue weighted by molar-refractivity contribution is 14.0. The molecule has 2 aliphatic heterocycles. The van der Waals surface area contributed by atoms with Gasteiger partial charge in [0.2, 0.25) is 5.91 Å². The summed E-state index contributed by atoms with van der Waals surface area (Å²) in [6.07, 6.45) is 4.35. The van der Waals surface area contributed by atoms with Crippen LogP contribution in [-0.2, 0) is 14.3 Å². The van der Waals surface area contributed by atoms with Gasteiger partial charge in [-0.3, -0.25) is 14.6 Å². The van der Waals surface area contributed by atoms with Crippen molar-refractivity contribution in [1.82, 2.24) is 15.1 Å². The van der Waals surface area contributed by atoms with Gasteiger partial charge < -0.3 is 19.9 Å². The summed E-state index contributed by atoms with van der Waals surface area (Å²) < 4.78 is 5.14. The number of piperidine rings is 2. The number of likely N-dealkylation sites (tertiary alicyclic amines) is 2. The van der Waals surface area contributed by atoms with Crippen LogP contribution in [0.1, 0.15) is 52.9 Å². The number of carbonyl (C=O) groups excluding carboxylic acids is 2. The summed E-state index contributed by atoms with van der Waals surface area (Å²) in [7, 11) is 0. The lowest BCUT2D eigenvalue weighted by atomic mass is 9.97. The number of hydrogen-bond donors (Lipinski definition) is 1. The SMILES string of the molecule is CCNC(=NCCC(=O)N1CCCC(C)C1)N1CCC(C(=O)OCC)CC1.I. The van der Waals surface area contributed by atoms with Gasteiger partial charge in [-0.25, -0.2) is 0 Å². The van der Waals surface area contributed by atoms with Gasteiger partial charge in [-0.2, -0.15) is 0 Å². The predicted octanol–water partition coefficient (Wildman–Crippen LogP) is 2.49. The molecule has 2 heterocycles. The number of ether oxygens (including phenoxy) is 1. The van der Waals surface area contributed by atoms with Crippen molar-refractivity contribution in [3.63, 3.8) is 0 Å². The van der Waals surface area contributed by atoms with Gasteiger partial charge in [0.15, 0.2) is 5.96 Å². The molecule has 2 rings (SSSR count). The third-order valence-electron chi connectivity index (χ3n) is 5.35. The Morgan fingerprint density at radius 1 is 1.11 bits per heavy atom. The van der Waals surface area contributed by atoms with Gasteiger partial charge >= 0.3 is 5.97 Å². The lowest BCUT2D eigenvalue weighted by molar-refractivity contribution is -0.149. The van der Waals surface area contributed by atoms with E-state index in [0.29, 0.717) is 25.5 Å². The zero-order valence-corrected chi connectivity index (χ0v) is 19.9. The molecule has 0 bridgehead atoms. The van der Waals surface area contributed by atoms with Crippen molar-refractivity contribution < 1.29 is 14.3 Å². The minimum Gasteiger partial charge on any atom is -0.466 e. The normalized spacial score (nSPS) is 21.1. The summed E-state index contributed by atoms with van der Waals surface area (Å²) >= 11 is 0. The zero-order valence-electron chi connectivity index (χ0n) is 17.6. The Labute approximate surface area is 186 Å². The molecule has 0 aromatic rings. The Balaban J connectivity index is 0.00000392. The maximum absolute atomic E-state index is 12.4. The van der Waals surface area contributed by atoms with Crippen LogP contribution in [0.5, 0.6) is 0 Å². The fourth-order valence-electron chi connectivity index (χ4n) is 3.84. The van der Waals surface area contributed by atoms with Crippen molar-refractivity contribution >= 4 is 41.8 Å². The fraction of sp³-hybridized carbons (Fsp3) is 0.850. The highest BCUT2D eigenvalue weighted by Gasteiger charge is 2.27. The Morgan fingerprint density at radius 3 is 2.43 bits per heavy atom. The average Bonchev–Trinajstić information content (AvgIpc) is 2.67. The van der Waals surface area contributed by atoms with E-state index in [9.17, 15) is 9.59 Å². The van der Waals surface area contributed by atoms with Crippen molar-refractivity contribution in [2.24, 2.45) is 16.8 Å². The van der Waals surface area contributed by atoms with Crippen LogP contribution in [0, 0.1) is 11.8 Å². The molecule has 8 heteroatoms. The van der Waals surface area contributed by atoms with E-state index >= 15 is 0 Å². The molecular weight excluding hydrogens is 471 g/mol. The van der Waals surface area contributed by atoms with Crippen molar-refractivity contribution in [2.45, 2.75) is 52.9 Å². The van der Waals surface area contributed by atoms with E-state index in [1.165, 1.54) is 6.42 Å². The molecule has 7 nitrogen and oxygen atoms in total. The first-order valence-corrected chi connectivity index (χ1v) is 10.5. The maximum Gasteiger partial charge on any atom is 0.309 e.